The van der Waals surface area contributed by atoms with Gasteiger partial charge in [-0.05, 0) is 49.4 Å². The van der Waals surface area contributed by atoms with E-state index < -0.39 is 11.7 Å². The zero-order valence-electron chi connectivity index (χ0n) is 10.2. The van der Waals surface area contributed by atoms with Gasteiger partial charge < -0.3 is 9.47 Å². The molecule has 1 aromatic heterocycles. The van der Waals surface area contributed by atoms with E-state index in [1.807, 2.05) is 0 Å². The number of rotatable bonds is 2. The number of carbonyl (C=O) groups excluding carboxylic acids is 1. The van der Waals surface area contributed by atoms with Crippen molar-refractivity contribution >= 4 is 34.5 Å². The maximum atomic E-state index is 11.6. The predicted octanol–water partition coefficient (Wildman–Crippen LogP) is 3.04. The van der Waals surface area contributed by atoms with Crippen molar-refractivity contribution < 1.29 is 14.3 Å². The van der Waals surface area contributed by atoms with Crippen LogP contribution in [-0.2, 0) is 4.74 Å². The first-order chi connectivity index (χ1) is 7.83. The van der Waals surface area contributed by atoms with Crippen LogP contribution in [0, 0.1) is 3.57 Å². The quantitative estimate of drug-likeness (QED) is 0.833. The van der Waals surface area contributed by atoms with Gasteiger partial charge in [0.05, 0.1) is 10.7 Å². The second-order valence-electron chi connectivity index (χ2n) is 4.30. The maximum absolute atomic E-state index is 11.6. The monoisotopic (exact) mass is 350 g/mol. The number of nitrogens with zero attached hydrogens (tertiary/aromatic N) is 1. The van der Waals surface area contributed by atoms with Crippen molar-refractivity contribution in [3.8, 4) is 5.75 Å². The number of anilines is 1. The highest BCUT2D eigenvalue weighted by Crippen LogP contribution is 2.26. The van der Waals surface area contributed by atoms with Gasteiger partial charge in [-0.25, -0.2) is 9.78 Å². The fourth-order valence-corrected chi connectivity index (χ4v) is 1.75. The van der Waals surface area contributed by atoms with E-state index in [4.69, 9.17) is 9.47 Å². The SMILES string of the molecule is COc1ccnc(NC(=O)OC(C)(C)C)c1I. The molecule has 0 aliphatic carbocycles. The van der Waals surface area contributed by atoms with Crippen LogP contribution in [0.4, 0.5) is 10.6 Å². The summed E-state index contributed by atoms with van der Waals surface area (Å²) in [5, 5.41) is 2.58. The molecule has 0 atom stereocenters. The van der Waals surface area contributed by atoms with Gasteiger partial charge in [-0.15, -0.1) is 0 Å². The molecule has 1 aromatic rings. The Balaban J connectivity index is 2.79. The van der Waals surface area contributed by atoms with E-state index >= 15 is 0 Å². The van der Waals surface area contributed by atoms with Crippen LogP contribution in [0.5, 0.6) is 5.75 Å². The summed E-state index contributed by atoms with van der Waals surface area (Å²) >= 11 is 2.05. The first-order valence-corrected chi connectivity index (χ1v) is 6.10. The molecule has 1 amide bonds. The number of hydrogen-bond acceptors (Lipinski definition) is 4. The van der Waals surface area contributed by atoms with Gasteiger partial charge in [0.2, 0.25) is 0 Å². The molecule has 6 heteroatoms. The Kier molecular flexibility index (Phi) is 4.55. The summed E-state index contributed by atoms with van der Waals surface area (Å²) in [5.41, 5.74) is -0.533. The Morgan fingerprint density at radius 2 is 2.12 bits per heavy atom. The van der Waals surface area contributed by atoms with Gasteiger partial charge in [0.15, 0.2) is 5.82 Å². The van der Waals surface area contributed by atoms with Gasteiger partial charge in [0, 0.05) is 6.20 Å². The zero-order chi connectivity index (χ0) is 13.1. The Morgan fingerprint density at radius 3 is 2.65 bits per heavy atom. The minimum atomic E-state index is -0.533. The van der Waals surface area contributed by atoms with Crippen molar-refractivity contribution in [1.82, 2.24) is 4.98 Å². The second kappa shape index (κ2) is 5.52. The number of amides is 1. The molecule has 0 aromatic carbocycles. The number of methoxy groups -OCH3 is 1. The standard InChI is InChI=1S/C11H15IN2O3/c1-11(2,3)17-10(15)14-9-8(12)7(16-4)5-6-13-9/h5-6H,1-4H3,(H,13,14,15). The molecule has 94 valence electrons. The third-order valence-electron chi connectivity index (χ3n) is 1.69. The third kappa shape index (κ3) is 4.37. The molecule has 0 unspecified atom stereocenters. The van der Waals surface area contributed by atoms with E-state index in [1.165, 1.54) is 0 Å². The average molecular weight is 350 g/mol. The van der Waals surface area contributed by atoms with Crippen molar-refractivity contribution in [2.45, 2.75) is 26.4 Å². The number of pyridine rings is 1. The number of nitrogens with one attached hydrogen (secondary N) is 1. The Morgan fingerprint density at radius 1 is 1.47 bits per heavy atom. The molecule has 0 radical (unpaired) electrons. The molecule has 1 heterocycles. The zero-order valence-corrected chi connectivity index (χ0v) is 12.4. The first kappa shape index (κ1) is 14.0. The molecule has 1 N–H and O–H groups in total. The first-order valence-electron chi connectivity index (χ1n) is 5.02. The van der Waals surface area contributed by atoms with Crippen molar-refractivity contribution in [2.24, 2.45) is 0 Å². The van der Waals surface area contributed by atoms with Gasteiger partial charge >= 0.3 is 6.09 Å². The summed E-state index contributed by atoms with van der Waals surface area (Å²) in [6.07, 6.45) is 1.03. The van der Waals surface area contributed by atoms with Gasteiger partial charge in [0.1, 0.15) is 11.4 Å². The summed E-state index contributed by atoms with van der Waals surface area (Å²) in [6, 6.07) is 1.72. The molecule has 0 fully saturated rings. The highest BCUT2D eigenvalue weighted by Gasteiger charge is 2.18. The van der Waals surface area contributed by atoms with Gasteiger partial charge in [-0.2, -0.15) is 0 Å². The summed E-state index contributed by atoms with van der Waals surface area (Å²) in [4.78, 5) is 15.6. The second-order valence-corrected chi connectivity index (χ2v) is 5.38. The Labute approximate surface area is 114 Å². The van der Waals surface area contributed by atoms with E-state index in [2.05, 4.69) is 32.9 Å². The molecule has 0 saturated carbocycles. The predicted molar refractivity (Wildman–Crippen MR) is 73.4 cm³/mol. The molecular weight excluding hydrogens is 335 g/mol. The smallest absolute Gasteiger partial charge is 0.413 e. The minimum absolute atomic E-state index is 0.430. The van der Waals surface area contributed by atoms with Crippen molar-refractivity contribution in [1.29, 1.82) is 0 Å². The summed E-state index contributed by atoms with van der Waals surface area (Å²) in [7, 11) is 1.56. The average Bonchev–Trinajstić information content (AvgIpc) is 2.18. The number of halogens is 1. The highest BCUT2D eigenvalue weighted by molar-refractivity contribution is 14.1. The number of ether oxygens (including phenoxy) is 2. The van der Waals surface area contributed by atoms with E-state index in [1.54, 1.807) is 40.1 Å². The van der Waals surface area contributed by atoms with Crippen LogP contribution in [0.3, 0.4) is 0 Å². The third-order valence-corrected chi connectivity index (χ3v) is 2.74. The van der Waals surface area contributed by atoms with E-state index in [-0.39, 0.29) is 0 Å². The van der Waals surface area contributed by atoms with Crippen LogP contribution in [0.15, 0.2) is 12.3 Å². The van der Waals surface area contributed by atoms with Crippen molar-refractivity contribution in [3.63, 3.8) is 0 Å². The molecule has 1 rings (SSSR count). The lowest BCUT2D eigenvalue weighted by molar-refractivity contribution is 0.0635. The van der Waals surface area contributed by atoms with Crippen LogP contribution in [0.25, 0.3) is 0 Å². The number of aromatic nitrogens is 1. The summed E-state index contributed by atoms with van der Waals surface area (Å²) < 4.78 is 11.0. The Hall–Kier alpha value is -1.05. The molecule has 5 nitrogen and oxygen atoms in total. The molecule has 0 aliphatic heterocycles. The summed E-state index contributed by atoms with van der Waals surface area (Å²) in [5.74, 6) is 1.09. The van der Waals surface area contributed by atoms with Gasteiger partial charge in [0.25, 0.3) is 0 Å². The molecule has 0 spiro atoms. The largest absolute Gasteiger partial charge is 0.495 e. The lowest BCUT2D eigenvalue weighted by atomic mass is 10.2. The highest BCUT2D eigenvalue weighted by atomic mass is 127. The van der Waals surface area contributed by atoms with E-state index in [0.29, 0.717) is 11.6 Å². The van der Waals surface area contributed by atoms with E-state index in [0.717, 1.165) is 3.57 Å². The normalized spacial score (nSPS) is 10.9. The van der Waals surface area contributed by atoms with Gasteiger partial charge in [-0.1, -0.05) is 0 Å². The molecule has 0 aliphatic rings. The molecule has 17 heavy (non-hydrogen) atoms. The fourth-order valence-electron chi connectivity index (χ4n) is 1.07. The summed E-state index contributed by atoms with van der Waals surface area (Å²) in [6.45, 7) is 5.41. The van der Waals surface area contributed by atoms with Crippen molar-refractivity contribution in [3.05, 3.63) is 15.8 Å². The van der Waals surface area contributed by atoms with Crippen molar-refractivity contribution in [2.75, 3.05) is 12.4 Å². The molecule has 0 bridgehead atoms. The van der Waals surface area contributed by atoms with E-state index in [9.17, 15) is 4.79 Å². The van der Waals surface area contributed by atoms with Crippen LogP contribution < -0.4 is 10.1 Å². The maximum Gasteiger partial charge on any atom is 0.413 e. The topological polar surface area (TPSA) is 60.5 Å². The molecular formula is C11H15IN2O3. The van der Waals surface area contributed by atoms with Crippen LogP contribution >= 0.6 is 22.6 Å². The Bertz CT molecular complexity index is 416. The minimum Gasteiger partial charge on any atom is -0.495 e. The lowest BCUT2D eigenvalue weighted by Crippen LogP contribution is -2.27. The number of carbonyl (C=O) groups is 1. The number of hydrogen-bond donors (Lipinski definition) is 1. The fraction of sp³-hybridized carbons (Fsp3) is 0.455. The van der Waals surface area contributed by atoms with Crippen LogP contribution in [0.2, 0.25) is 0 Å². The molecule has 0 saturated heterocycles. The van der Waals surface area contributed by atoms with Gasteiger partial charge in [-0.3, -0.25) is 5.32 Å². The van der Waals surface area contributed by atoms with Crippen LogP contribution in [-0.4, -0.2) is 23.8 Å². The lowest BCUT2D eigenvalue weighted by Gasteiger charge is -2.19. The van der Waals surface area contributed by atoms with Crippen LogP contribution in [0.1, 0.15) is 20.8 Å².